The Hall–Kier alpha value is -2.60. The molecule has 0 heterocycles. The summed E-state index contributed by atoms with van der Waals surface area (Å²) in [6, 6.07) is 10.1. The normalized spacial score (nSPS) is 27.7. The first kappa shape index (κ1) is 19.2. The Labute approximate surface area is 163 Å². The molecule has 3 aliphatic rings. The Balaban J connectivity index is 1.66. The molecule has 3 aliphatic carbocycles. The average Bonchev–Trinajstić information content (AvgIpc) is 2.67. The predicted octanol–water partition coefficient (Wildman–Crippen LogP) is 5.86. The third-order valence-electron chi connectivity index (χ3n) is 6.41. The Morgan fingerprint density at radius 2 is 1.74 bits per heavy atom. The SMILES string of the molecule is C=C(/C=C(\C)c1ccc(/C=C(/C#N)C=N)cc1)NC12CCC(C)(CC1)CC2. The molecule has 3 nitrogen and oxygen atoms in total. The third kappa shape index (κ3) is 4.39. The Morgan fingerprint density at radius 3 is 2.26 bits per heavy atom. The number of benzene rings is 1. The smallest absolute Gasteiger partial charge is 0.101 e. The largest absolute Gasteiger partial charge is 0.380 e. The number of fused-ring (bicyclic) bond motifs is 3. The number of nitriles is 1. The number of allylic oxidation sites excluding steroid dienone is 3. The molecule has 3 fully saturated rings. The van der Waals surface area contributed by atoms with E-state index in [0.29, 0.717) is 11.0 Å². The molecule has 3 saturated carbocycles. The zero-order valence-corrected chi connectivity index (χ0v) is 16.4. The molecule has 140 valence electrons. The first-order valence-electron chi connectivity index (χ1n) is 9.75. The predicted molar refractivity (Wildman–Crippen MR) is 113 cm³/mol. The molecule has 2 bridgehead atoms. The Morgan fingerprint density at radius 1 is 1.15 bits per heavy atom. The van der Waals surface area contributed by atoms with Gasteiger partial charge in [-0.1, -0.05) is 37.8 Å². The molecule has 0 aromatic heterocycles. The number of nitrogens with zero attached hydrogens (tertiary/aromatic N) is 1. The second kappa shape index (κ2) is 7.56. The maximum atomic E-state index is 8.93. The highest BCUT2D eigenvalue weighted by atomic mass is 15.0. The maximum Gasteiger partial charge on any atom is 0.101 e. The van der Waals surface area contributed by atoms with Gasteiger partial charge in [0.2, 0.25) is 0 Å². The molecule has 0 aliphatic heterocycles. The van der Waals surface area contributed by atoms with Crippen molar-refractivity contribution < 1.29 is 0 Å². The summed E-state index contributed by atoms with van der Waals surface area (Å²) >= 11 is 0. The second-order valence-electron chi connectivity index (χ2n) is 8.55. The van der Waals surface area contributed by atoms with Crippen LogP contribution in [0.5, 0.6) is 0 Å². The average molecular weight is 360 g/mol. The van der Waals surface area contributed by atoms with Crippen LogP contribution in [0.2, 0.25) is 0 Å². The number of rotatable bonds is 6. The van der Waals surface area contributed by atoms with Gasteiger partial charge in [0.1, 0.15) is 6.07 Å². The van der Waals surface area contributed by atoms with Crippen LogP contribution in [-0.2, 0) is 0 Å². The highest BCUT2D eigenvalue weighted by Crippen LogP contribution is 2.52. The zero-order valence-electron chi connectivity index (χ0n) is 16.4. The summed E-state index contributed by atoms with van der Waals surface area (Å²) in [6.45, 7) is 8.81. The molecule has 0 unspecified atom stereocenters. The van der Waals surface area contributed by atoms with Crippen molar-refractivity contribution in [1.82, 2.24) is 5.32 Å². The summed E-state index contributed by atoms with van der Waals surface area (Å²) in [5, 5.41) is 19.9. The molecule has 4 rings (SSSR count). The molecule has 0 saturated heterocycles. The van der Waals surface area contributed by atoms with E-state index in [1.807, 2.05) is 18.2 Å². The van der Waals surface area contributed by atoms with Gasteiger partial charge < -0.3 is 10.7 Å². The molecule has 3 heteroatoms. The van der Waals surface area contributed by atoms with Crippen molar-refractivity contribution in [1.29, 1.82) is 10.7 Å². The molecule has 2 N–H and O–H groups in total. The highest BCUT2D eigenvalue weighted by Gasteiger charge is 2.45. The van der Waals surface area contributed by atoms with E-state index in [2.05, 4.69) is 44.0 Å². The van der Waals surface area contributed by atoms with Crippen LogP contribution < -0.4 is 5.32 Å². The topological polar surface area (TPSA) is 59.7 Å². The van der Waals surface area contributed by atoms with Gasteiger partial charge in [-0.15, -0.1) is 0 Å². The zero-order chi connectivity index (χ0) is 19.5. The minimum absolute atomic E-state index is 0.251. The summed E-state index contributed by atoms with van der Waals surface area (Å²) in [6.07, 6.45) is 12.7. The molecule has 1 aromatic carbocycles. The molecular formula is C24H29N3. The molecular weight excluding hydrogens is 330 g/mol. The summed E-state index contributed by atoms with van der Waals surface area (Å²) < 4.78 is 0. The van der Waals surface area contributed by atoms with E-state index in [1.54, 1.807) is 6.08 Å². The molecule has 1 aromatic rings. The molecule has 27 heavy (non-hydrogen) atoms. The van der Waals surface area contributed by atoms with Crippen molar-refractivity contribution in [3.05, 3.63) is 59.3 Å². The van der Waals surface area contributed by atoms with Gasteiger partial charge in [0.05, 0.1) is 5.57 Å². The van der Waals surface area contributed by atoms with E-state index in [0.717, 1.165) is 23.0 Å². The van der Waals surface area contributed by atoms with Gasteiger partial charge in [-0.05, 0) is 79.7 Å². The maximum absolute atomic E-state index is 8.93. The van der Waals surface area contributed by atoms with Gasteiger partial charge in [-0.3, -0.25) is 0 Å². The van der Waals surface area contributed by atoms with Crippen LogP contribution in [0.25, 0.3) is 11.6 Å². The van der Waals surface area contributed by atoms with Gasteiger partial charge in [-0.25, -0.2) is 0 Å². The number of hydrogen-bond acceptors (Lipinski definition) is 3. The van der Waals surface area contributed by atoms with E-state index in [-0.39, 0.29) is 5.54 Å². The minimum Gasteiger partial charge on any atom is -0.380 e. The second-order valence-corrected chi connectivity index (χ2v) is 8.55. The van der Waals surface area contributed by atoms with E-state index in [1.165, 1.54) is 44.1 Å². The lowest BCUT2D eigenvalue weighted by Gasteiger charge is -2.53. The Kier molecular flexibility index (Phi) is 5.37. The fourth-order valence-electron chi connectivity index (χ4n) is 4.41. The van der Waals surface area contributed by atoms with E-state index in [4.69, 9.17) is 10.7 Å². The Bertz CT molecular complexity index is 809. The number of hydrogen-bond donors (Lipinski definition) is 2. The summed E-state index contributed by atoms with van der Waals surface area (Å²) in [7, 11) is 0. The third-order valence-corrected chi connectivity index (χ3v) is 6.41. The van der Waals surface area contributed by atoms with E-state index < -0.39 is 0 Å². The summed E-state index contributed by atoms with van der Waals surface area (Å²) in [5.41, 5.74) is 5.41. The highest BCUT2D eigenvalue weighted by molar-refractivity contribution is 5.88. The first-order chi connectivity index (χ1) is 12.9. The van der Waals surface area contributed by atoms with Crippen molar-refractivity contribution in [2.24, 2.45) is 5.41 Å². The van der Waals surface area contributed by atoms with Crippen LogP contribution in [0.15, 0.2) is 48.2 Å². The van der Waals surface area contributed by atoms with Crippen LogP contribution >= 0.6 is 0 Å². The van der Waals surface area contributed by atoms with E-state index >= 15 is 0 Å². The standard InChI is InChI=1S/C24H29N3/c1-18(22-6-4-20(5-7-22)15-21(16-25)17-26)14-19(2)27-24-11-8-23(3,9-12-24)10-13-24/h4-7,14-16,25,27H,2,8-13H2,1,3H3/b18-14+,21-15+,25-16?. The van der Waals surface area contributed by atoms with Crippen LogP contribution in [0.3, 0.4) is 0 Å². The van der Waals surface area contributed by atoms with Crippen molar-refractivity contribution >= 4 is 17.9 Å². The lowest BCUT2D eigenvalue weighted by Crippen LogP contribution is -2.53. The van der Waals surface area contributed by atoms with Gasteiger partial charge in [0.15, 0.2) is 0 Å². The first-order valence-corrected chi connectivity index (χ1v) is 9.75. The van der Waals surface area contributed by atoms with Crippen LogP contribution in [0.1, 0.15) is 63.5 Å². The van der Waals surface area contributed by atoms with Crippen LogP contribution in [-0.4, -0.2) is 11.8 Å². The quantitative estimate of drug-likeness (QED) is 0.379. The van der Waals surface area contributed by atoms with Crippen molar-refractivity contribution in [3.8, 4) is 6.07 Å². The van der Waals surface area contributed by atoms with Gasteiger partial charge >= 0.3 is 0 Å². The van der Waals surface area contributed by atoms with Crippen molar-refractivity contribution in [2.45, 2.75) is 57.9 Å². The van der Waals surface area contributed by atoms with Crippen LogP contribution in [0, 0.1) is 22.2 Å². The van der Waals surface area contributed by atoms with Gasteiger partial charge in [0, 0.05) is 17.5 Å². The molecule has 0 amide bonds. The minimum atomic E-state index is 0.251. The van der Waals surface area contributed by atoms with E-state index in [9.17, 15) is 0 Å². The van der Waals surface area contributed by atoms with Crippen molar-refractivity contribution in [2.75, 3.05) is 0 Å². The fraction of sp³-hybridized carbons (Fsp3) is 0.417. The van der Waals surface area contributed by atoms with Gasteiger partial charge in [0.25, 0.3) is 0 Å². The van der Waals surface area contributed by atoms with Crippen molar-refractivity contribution in [3.63, 3.8) is 0 Å². The molecule has 0 spiro atoms. The molecule has 0 radical (unpaired) electrons. The monoisotopic (exact) mass is 359 g/mol. The lowest BCUT2D eigenvalue weighted by atomic mass is 9.58. The van der Waals surface area contributed by atoms with Crippen LogP contribution in [0.4, 0.5) is 0 Å². The number of nitrogens with one attached hydrogen (secondary N) is 2. The lowest BCUT2D eigenvalue weighted by molar-refractivity contribution is 0.0439. The van der Waals surface area contributed by atoms with Gasteiger partial charge in [-0.2, -0.15) is 5.26 Å². The molecule has 0 atom stereocenters. The summed E-state index contributed by atoms with van der Waals surface area (Å²) in [5.74, 6) is 0. The fourth-order valence-corrected chi connectivity index (χ4v) is 4.41. The summed E-state index contributed by atoms with van der Waals surface area (Å²) in [4.78, 5) is 0.